The number of carbonyl (C=O) groups is 1. The minimum Gasteiger partial charge on any atom is -0.349 e. The van der Waals surface area contributed by atoms with Crippen LogP contribution in [0.2, 0.25) is 0 Å². The van der Waals surface area contributed by atoms with Crippen molar-refractivity contribution in [1.82, 2.24) is 15.1 Å². The molecule has 0 bridgehead atoms. The number of nitriles is 1. The maximum absolute atomic E-state index is 12.3. The predicted octanol–water partition coefficient (Wildman–Crippen LogP) is 4.09. The molecule has 2 aromatic heterocycles. The van der Waals surface area contributed by atoms with Crippen LogP contribution < -0.4 is 5.32 Å². The highest BCUT2D eigenvalue weighted by Crippen LogP contribution is 2.28. The molecule has 0 aliphatic heterocycles. The van der Waals surface area contributed by atoms with Crippen molar-refractivity contribution in [3.8, 4) is 16.6 Å². The van der Waals surface area contributed by atoms with E-state index >= 15 is 0 Å². The van der Waals surface area contributed by atoms with Crippen LogP contribution in [0.1, 0.15) is 25.0 Å². The summed E-state index contributed by atoms with van der Waals surface area (Å²) in [6.07, 6.45) is 3.49. The molecule has 2 heterocycles. The van der Waals surface area contributed by atoms with E-state index < -0.39 is 0 Å². The molecule has 0 aliphatic rings. The van der Waals surface area contributed by atoms with Crippen molar-refractivity contribution in [2.45, 2.75) is 26.4 Å². The number of thiophene rings is 1. The Hall–Kier alpha value is -3.17. The number of hydrogen-bond acceptors (Lipinski definition) is 4. The summed E-state index contributed by atoms with van der Waals surface area (Å²) in [5.41, 5.74) is 2.72. The second kappa shape index (κ2) is 8.47. The summed E-state index contributed by atoms with van der Waals surface area (Å²) in [5.74, 6) is -0.375. The Balaban J connectivity index is 1.99. The lowest BCUT2D eigenvalue weighted by Gasteiger charge is -2.06. The largest absolute Gasteiger partial charge is 0.349 e. The summed E-state index contributed by atoms with van der Waals surface area (Å²) in [6, 6.07) is 15.9. The van der Waals surface area contributed by atoms with Crippen LogP contribution >= 0.6 is 11.3 Å². The third-order valence-electron chi connectivity index (χ3n) is 3.82. The van der Waals surface area contributed by atoms with Crippen molar-refractivity contribution in [3.63, 3.8) is 0 Å². The maximum atomic E-state index is 12.3. The minimum absolute atomic E-state index is 0.0354. The molecule has 0 saturated heterocycles. The average Bonchev–Trinajstić information content (AvgIpc) is 3.29. The molecule has 3 aromatic rings. The van der Waals surface area contributed by atoms with Gasteiger partial charge in [-0.25, -0.2) is 0 Å². The van der Waals surface area contributed by atoms with Crippen LogP contribution in [0.4, 0.5) is 0 Å². The number of aromatic nitrogens is 2. The SMILES string of the molecule is CC(C)NC(=O)/C(C#N)=C\c1cn(Cc2ccccc2)nc1-c1cccs1. The molecule has 5 nitrogen and oxygen atoms in total. The molecule has 27 heavy (non-hydrogen) atoms. The molecule has 6 heteroatoms. The highest BCUT2D eigenvalue weighted by atomic mass is 32.1. The second-order valence-corrected chi connectivity index (χ2v) is 7.34. The molecule has 1 aromatic carbocycles. The number of amides is 1. The van der Waals surface area contributed by atoms with Gasteiger partial charge in [-0.1, -0.05) is 36.4 Å². The van der Waals surface area contributed by atoms with Crippen molar-refractivity contribution in [1.29, 1.82) is 5.26 Å². The monoisotopic (exact) mass is 376 g/mol. The lowest BCUT2D eigenvalue weighted by molar-refractivity contribution is -0.117. The number of nitrogens with one attached hydrogen (secondary N) is 1. The number of carbonyl (C=O) groups excluding carboxylic acids is 1. The molecule has 3 rings (SSSR count). The molecule has 1 N–H and O–H groups in total. The fourth-order valence-corrected chi connectivity index (χ4v) is 3.37. The third kappa shape index (κ3) is 4.72. The van der Waals surface area contributed by atoms with E-state index in [9.17, 15) is 10.1 Å². The lowest BCUT2D eigenvalue weighted by Crippen LogP contribution is -2.30. The topological polar surface area (TPSA) is 70.7 Å². The zero-order chi connectivity index (χ0) is 19.2. The van der Waals surface area contributed by atoms with Crippen molar-refractivity contribution >= 4 is 23.3 Å². The zero-order valence-corrected chi connectivity index (χ0v) is 16.0. The highest BCUT2D eigenvalue weighted by molar-refractivity contribution is 7.13. The Morgan fingerprint density at radius 1 is 1.30 bits per heavy atom. The molecule has 0 saturated carbocycles. The van der Waals surface area contributed by atoms with Crippen LogP contribution in [0, 0.1) is 11.3 Å². The zero-order valence-electron chi connectivity index (χ0n) is 15.2. The number of hydrogen-bond donors (Lipinski definition) is 1. The molecule has 0 atom stereocenters. The van der Waals surface area contributed by atoms with Gasteiger partial charge in [0.2, 0.25) is 0 Å². The Bertz CT molecular complexity index is 979. The Labute approximate surface area is 162 Å². The van der Waals surface area contributed by atoms with E-state index in [1.165, 1.54) is 0 Å². The molecular weight excluding hydrogens is 356 g/mol. The van der Waals surface area contributed by atoms with Gasteiger partial charge in [0.1, 0.15) is 17.3 Å². The van der Waals surface area contributed by atoms with Crippen molar-refractivity contribution in [3.05, 3.63) is 70.7 Å². The van der Waals surface area contributed by atoms with E-state index in [4.69, 9.17) is 5.10 Å². The first kappa shape index (κ1) is 18.6. The quantitative estimate of drug-likeness (QED) is 0.520. The molecule has 0 spiro atoms. The standard InChI is InChI=1S/C21H20N4OS/c1-15(2)23-21(26)17(12-22)11-18-14-25(13-16-7-4-3-5-8-16)24-20(18)19-9-6-10-27-19/h3-11,14-15H,13H2,1-2H3,(H,23,26)/b17-11-. The molecule has 136 valence electrons. The average molecular weight is 376 g/mol. The van der Waals surface area contributed by atoms with Gasteiger partial charge in [0.15, 0.2) is 0 Å². The Morgan fingerprint density at radius 2 is 2.07 bits per heavy atom. The molecule has 0 unspecified atom stereocenters. The Morgan fingerprint density at radius 3 is 2.70 bits per heavy atom. The summed E-state index contributed by atoms with van der Waals surface area (Å²) in [7, 11) is 0. The van der Waals surface area contributed by atoms with Crippen LogP contribution in [-0.4, -0.2) is 21.7 Å². The maximum Gasteiger partial charge on any atom is 0.262 e. The minimum atomic E-state index is -0.375. The van der Waals surface area contributed by atoms with Crippen LogP contribution in [0.3, 0.4) is 0 Å². The van der Waals surface area contributed by atoms with E-state index in [0.29, 0.717) is 6.54 Å². The second-order valence-electron chi connectivity index (χ2n) is 6.39. The van der Waals surface area contributed by atoms with Gasteiger partial charge in [0, 0.05) is 17.8 Å². The molecular formula is C21H20N4OS. The van der Waals surface area contributed by atoms with E-state index in [1.807, 2.05) is 78.6 Å². The first-order chi connectivity index (χ1) is 13.1. The van der Waals surface area contributed by atoms with Crippen LogP contribution in [0.15, 0.2) is 59.6 Å². The smallest absolute Gasteiger partial charge is 0.262 e. The molecule has 0 radical (unpaired) electrons. The molecule has 1 amide bonds. The predicted molar refractivity (Wildman–Crippen MR) is 108 cm³/mol. The highest BCUT2D eigenvalue weighted by Gasteiger charge is 2.15. The van der Waals surface area contributed by atoms with Gasteiger partial charge in [-0.05, 0) is 36.9 Å². The Kier molecular flexibility index (Phi) is 5.84. The van der Waals surface area contributed by atoms with Gasteiger partial charge in [-0.3, -0.25) is 9.48 Å². The van der Waals surface area contributed by atoms with E-state index in [2.05, 4.69) is 5.32 Å². The van der Waals surface area contributed by atoms with Crippen LogP contribution in [0.5, 0.6) is 0 Å². The number of nitrogens with zero attached hydrogens (tertiary/aromatic N) is 3. The van der Waals surface area contributed by atoms with Gasteiger partial charge in [-0.15, -0.1) is 11.3 Å². The van der Waals surface area contributed by atoms with E-state index in [0.717, 1.165) is 21.7 Å². The number of benzene rings is 1. The van der Waals surface area contributed by atoms with Crippen molar-refractivity contribution in [2.24, 2.45) is 0 Å². The van der Waals surface area contributed by atoms with Crippen molar-refractivity contribution < 1.29 is 4.79 Å². The number of rotatable bonds is 6. The molecule has 0 aliphatic carbocycles. The lowest BCUT2D eigenvalue weighted by atomic mass is 10.1. The first-order valence-electron chi connectivity index (χ1n) is 8.64. The van der Waals surface area contributed by atoms with Crippen LogP contribution in [0.25, 0.3) is 16.6 Å². The summed E-state index contributed by atoms with van der Waals surface area (Å²) in [6.45, 7) is 4.34. The fourth-order valence-electron chi connectivity index (χ4n) is 2.64. The summed E-state index contributed by atoms with van der Waals surface area (Å²) in [5, 5.41) is 18.9. The van der Waals surface area contributed by atoms with Gasteiger partial charge in [-0.2, -0.15) is 10.4 Å². The third-order valence-corrected chi connectivity index (χ3v) is 4.69. The van der Waals surface area contributed by atoms with E-state index in [-0.39, 0.29) is 17.5 Å². The summed E-state index contributed by atoms with van der Waals surface area (Å²) in [4.78, 5) is 13.3. The van der Waals surface area contributed by atoms with E-state index in [1.54, 1.807) is 17.4 Å². The van der Waals surface area contributed by atoms with Gasteiger partial charge in [0.25, 0.3) is 5.91 Å². The van der Waals surface area contributed by atoms with Gasteiger partial charge in [0.05, 0.1) is 11.4 Å². The summed E-state index contributed by atoms with van der Waals surface area (Å²) < 4.78 is 1.84. The summed E-state index contributed by atoms with van der Waals surface area (Å²) >= 11 is 1.58. The van der Waals surface area contributed by atoms with Gasteiger partial charge < -0.3 is 5.32 Å². The van der Waals surface area contributed by atoms with Crippen molar-refractivity contribution in [2.75, 3.05) is 0 Å². The van der Waals surface area contributed by atoms with Crippen LogP contribution in [-0.2, 0) is 11.3 Å². The fraction of sp³-hybridized carbons (Fsp3) is 0.190. The van der Waals surface area contributed by atoms with Gasteiger partial charge >= 0.3 is 0 Å². The first-order valence-corrected chi connectivity index (χ1v) is 9.52. The normalized spacial score (nSPS) is 11.4. The molecule has 0 fully saturated rings.